The molecule has 1 aliphatic rings. The maximum atomic E-state index is 12.0. The number of rotatable bonds is 0. The van der Waals surface area contributed by atoms with Crippen LogP contribution in [0.25, 0.3) is 0 Å². The molecule has 0 aliphatic heterocycles. The van der Waals surface area contributed by atoms with Gasteiger partial charge in [0.25, 0.3) is 0 Å². The minimum absolute atomic E-state index is 0.153. The van der Waals surface area contributed by atoms with E-state index in [1.54, 1.807) is 6.92 Å². The highest BCUT2D eigenvalue weighted by atomic mass is 19.4. The summed E-state index contributed by atoms with van der Waals surface area (Å²) >= 11 is 0. The van der Waals surface area contributed by atoms with Gasteiger partial charge in [0.1, 0.15) is 0 Å². The topological polar surface area (TPSA) is 0 Å². The Bertz CT molecular complexity index is 117. The van der Waals surface area contributed by atoms with Crippen molar-refractivity contribution < 1.29 is 13.2 Å². The highest BCUT2D eigenvalue weighted by Gasteiger charge is 2.44. The molecule has 0 bridgehead atoms. The second-order valence-corrected chi connectivity index (χ2v) is 3.06. The zero-order valence-electron chi connectivity index (χ0n) is 5.91. The predicted octanol–water partition coefficient (Wildman–Crippen LogP) is 2.98. The second kappa shape index (κ2) is 2.44. The van der Waals surface area contributed by atoms with Gasteiger partial charge >= 0.3 is 6.18 Å². The van der Waals surface area contributed by atoms with Crippen LogP contribution in [-0.2, 0) is 0 Å². The van der Waals surface area contributed by atoms with Crippen LogP contribution >= 0.6 is 0 Å². The molecule has 10 heavy (non-hydrogen) atoms. The fraction of sp³-hybridized carbons (Fsp3) is 1.00. The van der Waals surface area contributed by atoms with Gasteiger partial charge in [-0.2, -0.15) is 13.2 Å². The Morgan fingerprint density at radius 3 is 2.00 bits per heavy atom. The van der Waals surface area contributed by atoms with E-state index < -0.39 is 12.1 Å². The highest BCUT2D eigenvalue weighted by molar-refractivity contribution is 4.79. The molecule has 0 nitrogen and oxygen atoms in total. The number of hydrogen-bond donors (Lipinski definition) is 0. The van der Waals surface area contributed by atoms with Crippen LogP contribution in [0.3, 0.4) is 0 Å². The molecule has 60 valence electrons. The predicted molar refractivity (Wildman–Crippen MR) is 32.6 cm³/mol. The van der Waals surface area contributed by atoms with Gasteiger partial charge < -0.3 is 0 Å². The van der Waals surface area contributed by atoms with Gasteiger partial charge in [0.05, 0.1) is 5.92 Å². The van der Waals surface area contributed by atoms with Crippen molar-refractivity contribution in [2.45, 2.75) is 32.4 Å². The third-order valence-corrected chi connectivity index (χ3v) is 2.28. The normalized spacial score (nSPS) is 34.8. The summed E-state index contributed by atoms with van der Waals surface area (Å²) in [7, 11) is 0. The minimum Gasteiger partial charge on any atom is -0.171 e. The van der Waals surface area contributed by atoms with Crippen molar-refractivity contribution in [3.05, 3.63) is 0 Å². The summed E-state index contributed by atoms with van der Waals surface area (Å²) in [6.45, 7) is 1.69. The Morgan fingerprint density at radius 2 is 1.80 bits per heavy atom. The van der Waals surface area contributed by atoms with E-state index in [4.69, 9.17) is 0 Å². The van der Waals surface area contributed by atoms with Crippen molar-refractivity contribution in [3.63, 3.8) is 0 Å². The first-order valence-corrected chi connectivity index (χ1v) is 3.58. The van der Waals surface area contributed by atoms with Gasteiger partial charge in [-0.1, -0.05) is 19.8 Å². The zero-order chi connectivity index (χ0) is 7.78. The van der Waals surface area contributed by atoms with E-state index in [2.05, 4.69) is 0 Å². The lowest BCUT2D eigenvalue weighted by Crippen LogP contribution is -2.24. The molecule has 1 saturated carbocycles. The molecule has 0 amide bonds. The lowest BCUT2D eigenvalue weighted by atomic mass is 9.98. The van der Waals surface area contributed by atoms with Gasteiger partial charge in [-0.15, -0.1) is 0 Å². The molecule has 0 heterocycles. The van der Waals surface area contributed by atoms with Gasteiger partial charge in [-0.25, -0.2) is 0 Å². The summed E-state index contributed by atoms with van der Waals surface area (Å²) < 4.78 is 36.0. The fourth-order valence-electron chi connectivity index (χ4n) is 1.63. The van der Waals surface area contributed by atoms with E-state index in [-0.39, 0.29) is 5.92 Å². The zero-order valence-corrected chi connectivity index (χ0v) is 5.91. The van der Waals surface area contributed by atoms with Gasteiger partial charge in [-0.3, -0.25) is 0 Å². The first-order chi connectivity index (χ1) is 4.52. The first-order valence-electron chi connectivity index (χ1n) is 3.58. The van der Waals surface area contributed by atoms with Crippen LogP contribution in [0, 0.1) is 11.8 Å². The number of hydrogen-bond acceptors (Lipinski definition) is 0. The molecule has 0 unspecified atom stereocenters. The van der Waals surface area contributed by atoms with Crippen LogP contribution in [0.15, 0.2) is 0 Å². The van der Waals surface area contributed by atoms with Crippen molar-refractivity contribution in [2.24, 2.45) is 11.8 Å². The summed E-state index contributed by atoms with van der Waals surface area (Å²) in [6, 6.07) is 0. The Hall–Kier alpha value is -0.210. The average molecular weight is 152 g/mol. The third kappa shape index (κ3) is 1.44. The molecule has 1 rings (SSSR count). The fourth-order valence-corrected chi connectivity index (χ4v) is 1.63. The molecular weight excluding hydrogens is 141 g/mol. The van der Waals surface area contributed by atoms with E-state index >= 15 is 0 Å². The van der Waals surface area contributed by atoms with Crippen molar-refractivity contribution in [1.82, 2.24) is 0 Å². The summed E-state index contributed by atoms with van der Waals surface area (Å²) in [6.07, 6.45) is -2.13. The minimum atomic E-state index is -3.95. The first kappa shape index (κ1) is 7.89. The molecular formula is C7H11F3. The lowest BCUT2D eigenvalue weighted by Gasteiger charge is -2.18. The molecule has 2 atom stereocenters. The summed E-state index contributed by atoms with van der Waals surface area (Å²) in [5, 5.41) is 0. The smallest absolute Gasteiger partial charge is 0.171 e. The largest absolute Gasteiger partial charge is 0.392 e. The SMILES string of the molecule is C[C@@H]1CCC[C@H]1C(F)(F)F. The van der Waals surface area contributed by atoms with E-state index in [0.717, 1.165) is 12.8 Å². The molecule has 1 aliphatic carbocycles. The highest BCUT2D eigenvalue weighted by Crippen LogP contribution is 2.42. The average Bonchev–Trinajstić information content (AvgIpc) is 2.11. The molecule has 0 radical (unpaired) electrons. The lowest BCUT2D eigenvalue weighted by molar-refractivity contribution is -0.181. The van der Waals surface area contributed by atoms with Crippen LogP contribution in [0.1, 0.15) is 26.2 Å². The van der Waals surface area contributed by atoms with Crippen LogP contribution in [-0.4, -0.2) is 6.18 Å². The van der Waals surface area contributed by atoms with E-state index in [1.807, 2.05) is 0 Å². The van der Waals surface area contributed by atoms with Crippen molar-refractivity contribution in [2.75, 3.05) is 0 Å². The maximum absolute atomic E-state index is 12.0. The Labute approximate surface area is 58.4 Å². The Balaban J connectivity index is 2.55. The molecule has 0 N–H and O–H groups in total. The summed E-state index contributed by atoms with van der Waals surface area (Å²) in [5.41, 5.74) is 0. The molecule has 1 fully saturated rings. The second-order valence-electron chi connectivity index (χ2n) is 3.06. The third-order valence-electron chi connectivity index (χ3n) is 2.28. The molecule has 0 aromatic rings. The summed E-state index contributed by atoms with van der Waals surface area (Å²) in [5.74, 6) is -1.17. The van der Waals surface area contributed by atoms with Gasteiger partial charge in [0.15, 0.2) is 0 Å². The number of alkyl halides is 3. The van der Waals surface area contributed by atoms with E-state index in [1.165, 1.54) is 0 Å². The van der Waals surface area contributed by atoms with Crippen molar-refractivity contribution in [3.8, 4) is 0 Å². The monoisotopic (exact) mass is 152 g/mol. The molecule has 0 aromatic heterocycles. The van der Waals surface area contributed by atoms with Gasteiger partial charge in [0, 0.05) is 0 Å². The Morgan fingerprint density at radius 1 is 1.20 bits per heavy atom. The standard InChI is InChI=1S/C7H11F3/c1-5-3-2-4-6(5)7(8,9)10/h5-6H,2-4H2,1H3/t5-,6-/m1/s1. The van der Waals surface area contributed by atoms with Crippen LogP contribution in [0.4, 0.5) is 13.2 Å². The van der Waals surface area contributed by atoms with Crippen LogP contribution in [0.5, 0.6) is 0 Å². The molecule has 0 saturated heterocycles. The van der Waals surface area contributed by atoms with E-state index in [0.29, 0.717) is 6.42 Å². The van der Waals surface area contributed by atoms with Gasteiger partial charge in [-0.05, 0) is 12.3 Å². The molecule has 0 aromatic carbocycles. The van der Waals surface area contributed by atoms with Crippen LogP contribution in [0.2, 0.25) is 0 Å². The van der Waals surface area contributed by atoms with Gasteiger partial charge in [0.2, 0.25) is 0 Å². The van der Waals surface area contributed by atoms with E-state index in [9.17, 15) is 13.2 Å². The van der Waals surface area contributed by atoms with Crippen LogP contribution < -0.4 is 0 Å². The maximum Gasteiger partial charge on any atom is 0.392 e. The number of halogens is 3. The molecule has 0 spiro atoms. The van der Waals surface area contributed by atoms with Crippen molar-refractivity contribution in [1.29, 1.82) is 0 Å². The summed E-state index contributed by atoms with van der Waals surface area (Å²) in [4.78, 5) is 0. The Kier molecular flexibility index (Phi) is 1.92. The van der Waals surface area contributed by atoms with Crippen molar-refractivity contribution >= 4 is 0 Å². The molecule has 3 heteroatoms. The quantitative estimate of drug-likeness (QED) is 0.500.